The first kappa shape index (κ1) is 22.6. The van der Waals surface area contributed by atoms with Crippen molar-refractivity contribution in [1.82, 2.24) is 19.1 Å². The Labute approximate surface area is 194 Å². The van der Waals surface area contributed by atoms with E-state index in [1.807, 2.05) is 0 Å². The van der Waals surface area contributed by atoms with E-state index < -0.39 is 26.2 Å². The van der Waals surface area contributed by atoms with Crippen LogP contribution in [0.2, 0.25) is 5.02 Å². The first-order valence-corrected chi connectivity index (χ1v) is 11.5. The average molecular weight is 487 g/mol. The number of benzene rings is 2. The second-order valence-electron chi connectivity index (χ2n) is 7.20. The highest BCUT2D eigenvalue weighted by Gasteiger charge is 2.28. The van der Waals surface area contributed by atoms with E-state index in [9.17, 15) is 23.4 Å². The number of aromatic nitrogens is 3. The SMILES string of the molecule is CN(Cc1ccc[nH]c1=O)S(=O)(=O)c1cc(-c2ccnn2-c2ccccc2Cl)c(O)cc1O. The Bertz CT molecular complexity index is 1500. The summed E-state index contributed by atoms with van der Waals surface area (Å²) in [6, 6.07) is 13.7. The van der Waals surface area contributed by atoms with Crippen LogP contribution in [0.15, 0.2) is 76.7 Å². The molecule has 4 aromatic rings. The summed E-state index contributed by atoms with van der Waals surface area (Å²) in [7, 11) is -2.94. The summed E-state index contributed by atoms with van der Waals surface area (Å²) < 4.78 is 28.9. The molecular weight excluding hydrogens is 468 g/mol. The highest BCUT2D eigenvalue weighted by Crippen LogP contribution is 2.39. The molecule has 0 amide bonds. The summed E-state index contributed by atoms with van der Waals surface area (Å²) in [5, 5.41) is 25.5. The second kappa shape index (κ2) is 8.74. The number of nitrogens with one attached hydrogen (secondary N) is 1. The van der Waals surface area contributed by atoms with Gasteiger partial charge < -0.3 is 15.2 Å². The summed E-state index contributed by atoms with van der Waals surface area (Å²) in [4.78, 5) is 14.0. The van der Waals surface area contributed by atoms with Crippen LogP contribution in [-0.4, -0.2) is 44.7 Å². The van der Waals surface area contributed by atoms with Crippen molar-refractivity contribution in [3.8, 4) is 28.4 Å². The Kier molecular flexibility index (Phi) is 5.98. The first-order valence-electron chi connectivity index (χ1n) is 9.68. The molecule has 0 bridgehead atoms. The van der Waals surface area contributed by atoms with Gasteiger partial charge in [0.25, 0.3) is 5.56 Å². The van der Waals surface area contributed by atoms with Crippen LogP contribution >= 0.6 is 11.6 Å². The smallest absolute Gasteiger partial charge is 0.252 e. The van der Waals surface area contributed by atoms with Gasteiger partial charge in [0.2, 0.25) is 10.0 Å². The number of H-pyrrole nitrogens is 1. The predicted octanol–water partition coefficient (Wildman–Crippen LogP) is 3.11. The number of halogens is 1. The second-order valence-corrected chi connectivity index (χ2v) is 9.62. The fourth-order valence-corrected chi connectivity index (χ4v) is 4.82. The van der Waals surface area contributed by atoms with Crippen LogP contribution < -0.4 is 5.56 Å². The van der Waals surface area contributed by atoms with Crippen LogP contribution in [0.3, 0.4) is 0 Å². The number of hydrogen-bond donors (Lipinski definition) is 3. The number of para-hydroxylation sites is 1. The van der Waals surface area contributed by atoms with Gasteiger partial charge in [-0.05, 0) is 30.3 Å². The molecule has 11 heteroatoms. The van der Waals surface area contributed by atoms with E-state index in [4.69, 9.17) is 11.6 Å². The zero-order valence-corrected chi connectivity index (χ0v) is 18.9. The lowest BCUT2D eigenvalue weighted by molar-refractivity contribution is 0.429. The van der Waals surface area contributed by atoms with Gasteiger partial charge in [-0.2, -0.15) is 9.40 Å². The lowest BCUT2D eigenvalue weighted by atomic mass is 10.1. The molecule has 0 atom stereocenters. The van der Waals surface area contributed by atoms with Crippen LogP contribution in [0.5, 0.6) is 11.5 Å². The summed E-state index contributed by atoms with van der Waals surface area (Å²) >= 11 is 6.28. The zero-order valence-electron chi connectivity index (χ0n) is 17.3. The van der Waals surface area contributed by atoms with Gasteiger partial charge in [0.1, 0.15) is 16.4 Å². The summed E-state index contributed by atoms with van der Waals surface area (Å²) in [6.45, 7) is -0.217. The highest BCUT2D eigenvalue weighted by atomic mass is 35.5. The molecule has 0 fully saturated rings. The van der Waals surface area contributed by atoms with Crippen LogP contribution in [0, 0.1) is 0 Å². The third kappa shape index (κ3) is 4.23. The number of phenols is 2. The summed E-state index contributed by atoms with van der Waals surface area (Å²) in [6.07, 6.45) is 2.92. The van der Waals surface area contributed by atoms with Crippen molar-refractivity contribution in [1.29, 1.82) is 0 Å². The maximum absolute atomic E-state index is 13.2. The van der Waals surface area contributed by atoms with E-state index in [0.717, 1.165) is 16.4 Å². The van der Waals surface area contributed by atoms with E-state index in [-0.39, 0.29) is 23.4 Å². The third-order valence-electron chi connectivity index (χ3n) is 5.06. The standard InChI is InChI=1S/C22H19ClN4O5S/c1-26(13-14-5-4-9-24-22(14)30)33(31,32)21-11-15(19(28)12-20(21)29)17-8-10-25-27(17)18-7-3-2-6-16(18)23/h2-12,28-29H,13H2,1H3,(H,24,30). The number of aromatic amines is 1. The molecule has 2 heterocycles. The Hall–Kier alpha value is -3.60. The fraction of sp³-hybridized carbons (Fsp3) is 0.0909. The molecule has 0 aliphatic rings. The number of nitrogens with zero attached hydrogens (tertiary/aromatic N) is 3. The van der Waals surface area contributed by atoms with E-state index in [2.05, 4.69) is 10.1 Å². The molecule has 2 aromatic heterocycles. The van der Waals surface area contributed by atoms with Crippen LogP contribution in [0.4, 0.5) is 0 Å². The molecule has 33 heavy (non-hydrogen) atoms. The van der Waals surface area contributed by atoms with E-state index in [1.54, 1.807) is 36.4 Å². The number of pyridine rings is 1. The number of phenolic OH excluding ortho intramolecular Hbond substituents is 2. The summed E-state index contributed by atoms with van der Waals surface area (Å²) in [5.74, 6) is -0.976. The monoisotopic (exact) mass is 486 g/mol. The maximum atomic E-state index is 13.2. The average Bonchev–Trinajstić information content (AvgIpc) is 3.24. The third-order valence-corrected chi connectivity index (χ3v) is 7.21. The van der Waals surface area contributed by atoms with Gasteiger partial charge in [-0.25, -0.2) is 13.1 Å². The molecule has 0 aliphatic heterocycles. The van der Waals surface area contributed by atoms with Crippen molar-refractivity contribution in [2.24, 2.45) is 0 Å². The van der Waals surface area contributed by atoms with Crippen molar-refractivity contribution in [2.75, 3.05) is 7.05 Å². The van der Waals surface area contributed by atoms with Gasteiger partial charge in [-0.1, -0.05) is 29.8 Å². The lowest BCUT2D eigenvalue weighted by Crippen LogP contribution is -2.29. The Balaban J connectivity index is 1.79. The molecule has 0 aliphatic carbocycles. The molecule has 0 saturated carbocycles. The molecule has 4 rings (SSSR count). The number of hydrogen-bond acceptors (Lipinski definition) is 6. The topological polar surface area (TPSA) is 129 Å². The molecule has 0 radical (unpaired) electrons. The Morgan fingerprint density at radius 2 is 1.85 bits per heavy atom. The number of aromatic hydroxyl groups is 2. The Morgan fingerprint density at radius 3 is 2.58 bits per heavy atom. The number of sulfonamides is 1. The van der Waals surface area contributed by atoms with Crippen molar-refractivity contribution in [2.45, 2.75) is 11.4 Å². The van der Waals surface area contributed by atoms with Gasteiger partial charge in [0.15, 0.2) is 0 Å². The quantitative estimate of drug-likeness (QED) is 0.384. The minimum absolute atomic E-state index is 0.120. The molecular formula is C22H19ClN4O5S. The van der Waals surface area contributed by atoms with Gasteiger partial charge in [0, 0.05) is 37.0 Å². The molecule has 0 saturated heterocycles. The van der Waals surface area contributed by atoms with Crippen molar-refractivity contribution < 1.29 is 18.6 Å². The van der Waals surface area contributed by atoms with Gasteiger partial charge in [-0.3, -0.25) is 4.79 Å². The highest BCUT2D eigenvalue weighted by molar-refractivity contribution is 7.89. The van der Waals surface area contributed by atoms with Crippen LogP contribution in [-0.2, 0) is 16.6 Å². The van der Waals surface area contributed by atoms with Crippen LogP contribution in [0.1, 0.15) is 5.56 Å². The minimum Gasteiger partial charge on any atom is -0.507 e. The lowest BCUT2D eigenvalue weighted by Gasteiger charge is -2.19. The van der Waals surface area contributed by atoms with Gasteiger partial charge in [0.05, 0.1) is 22.6 Å². The predicted molar refractivity (Wildman–Crippen MR) is 123 cm³/mol. The molecule has 0 spiro atoms. The molecule has 0 unspecified atom stereocenters. The van der Waals surface area contributed by atoms with Gasteiger partial charge >= 0.3 is 0 Å². The van der Waals surface area contributed by atoms with E-state index in [1.165, 1.54) is 30.2 Å². The molecule has 9 nitrogen and oxygen atoms in total. The van der Waals surface area contributed by atoms with Crippen molar-refractivity contribution in [3.63, 3.8) is 0 Å². The number of rotatable bonds is 6. The fourth-order valence-electron chi connectivity index (χ4n) is 3.37. The summed E-state index contributed by atoms with van der Waals surface area (Å²) in [5.41, 5.74) is 0.822. The largest absolute Gasteiger partial charge is 0.507 e. The van der Waals surface area contributed by atoms with Crippen molar-refractivity contribution in [3.05, 3.63) is 87.9 Å². The molecule has 170 valence electrons. The minimum atomic E-state index is -4.24. The maximum Gasteiger partial charge on any atom is 0.252 e. The van der Waals surface area contributed by atoms with Crippen LogP contribution in [0.25, 0.3) is 16.9 Å². The van der Waals surface area contributed by atoms with Gasteiger partial charge in [-0.15, -0.1) is 0 Å². The normalized spacial score (nSPS) is 11.7. The Morgan fingerprint density at radius 1 is 1.09 bits per heavy atom. The zero-order chi connectivity index (χ0) is 23.8. The molecule has 2 aromatic carbocycles. The van der Waals surface area contributed by atoms with E-state index >= 15 is 0 Å². The first-order chi connectivity index (χ1) is 15.7. The van der Waals surface area contributed by atoms with E-state index in [0.29, 0.717) is 16.4 Å². The van der Waals surface area contributed by atoms with Crippen molar-refractivity contribution >= 4 is 21.6 Å². The molecule has 3 N–H and O–H groups in total.